The van der Waals surface area contributed by atoms with Crippen LogP contribution in [0.5, 0.6) is 0 Å². The molecule has 0 unspecified atom stereocenters. The van der Waals surface area contributed by atoms with Gasteiger partial charge in [-0.15, -0.1) is 0 Å². The quantitative estimate of drug-likeness (QED) is 0.783. The van der Waals surface area contributed by atoms with E-state index in [-0.39, 0.29) is 18.5 Å². The highest BCUT2D eigenvalue weighted by atomic mass is 16.5. The zero-order chi connectivity index (χ0) is 12.8. The molecule has 0 radical (unpaired) electrons. The Morgan fingerprint density at radius 2 is 2.00 bits per heavy atom. The smallest absolute Gasteiger partial charge is 0.407 e. The molecule has 0 aromatic carbocycles. The fourth-order valence-electron chi connectivity index (χ4n) is 2.27. The largest absolute Gasteiger partial charge is 0.453 e. The minimum absolute atomic E-state index is 0.0235. The van der Waals surface area contributed by atoms with Crippen molar-refractivity contribution in [2.75, 3.05) is 13.7 Å². The van der Waals surface area contributed by atoms with Gasteiger partial charge in [0.2, 0.25) is 5.91 Å². The minimum atomic E-state index is -0.579. The third-order valence-corrected chi connectivity index (χ3v) is 3.63. The number of ether oxygens (including phenoxy) is 1. The van der Waals surface area contributed by atoms with Crippen LogP contribution in [0.4, 0.5) is 4.79 Å². The highest BCUT2D eigenvalue weighted by Crippen LogP contribution is 2.29. The Morgan fingerprint density at radius 3 is 2.65 bits per heavy atom. The molecule has 2 N–H and O–H groups in total. The first-order valence-electron chi connectivity index (χ1n) is 6.15. The number of hydrogen-bond acceptors (Lipinski definition) is 3. The van der Waals surface area contributed by atoms with Crippen molar-refractivity contribution in [3.63, 3.8) is 0 Å². The molecule has 0 aromatic rings. The lowest BCUT2D eigenvalue weighted by Gasteiger charge is -2.34. The second kappa shape index (κ2) is 6.47. The first kappa shape index (κ1) is 13.8. The molecule has 1 aliphatic rings. The third-order valence-electron chi connectivity index (χ3n) is 3.63. The van der Waals surface area contributed by atoms with Gasteiger partial charge in [0.1, 0.15) is 6.54 Å². The van der Waals surface area contributed by atoms with Crippen LogP contribution in [0.3, 0.4) is 0 Å². The van der Waals surface area contributed by atoms with Gasteiger partial charge in [-0.05, 0) is 18.3 Å². The molecule has 0 aliphatic heterocycles. The Balaban J connectivity index is 2.32. The fourth-order valence-corrected chi connectivity index (χ4v) is 2.27. The molecule has 5 nitrogen and oxygen atoms in total. The van der Waals surface area contributed by atoms with E-state index in [9.17, 15) is 9.59 Å². The number of carbonyl (C=O) groups is 2. The summed E-state index contributed by atoms with van der Waals surface area (Å²) in [6.07, 6.45) is 2.83. The second-order valence-corrected chi connectivity index (χ2v) is 4.79. The van der Waals surface area contributed by atoms with E-state index < -0.39 is 6.09 Å². The number of alkyl carbamates (subject to hydrolysis) is 1. The van der Waals surface area contributed by atoms with Crippen LogP contribution in [0, 0.1) is 11.8 Å². The summed E-state index contributed by atoms with van der Waals surface area (Å²) in [5.74, 6) is 0.981. The molecular formula is C12H22N2O3. The Labute approximate surface area is 102 Å². The Kier molecular flexibility index (Phi) is 5.25. The Bertz CT molecular complexity index is 281. The van der Waals surface area contributed by atoms with Crippen LogP contribution in [0.25, 0.3) is 0 Å². The lowest BCUT2D eigenvalue weighted by molar-refractivity contribution is -0.121. The lowest BCUT2D eigenvalue weighted by atomic mass is 9.78. The molecule has 0 aromatic heterocycles. The SMILES string of the molecule is COC(=O)NCC(=O)N[C@@H]1CCC[C@@H](C)[C@@H]1C. The van der Waals surface area contributed by atoms with Gasteiger partial charge in [0.05, 0.1) is 7.11 Å². The normalized spacial score (nSPS) is 28.3. The Morgan fingerprint density at radius 1 is 1.29 bits per heavy atom. The van der Waals surface area contributed by atoms with Crippen molar-refractivity contribution < 1.29 is 14.3 Å². The van der Waals surface area contributed by atoms with Crippen LogP contribution in [0.1, 0.15) is 33.1 Å². The van der Waals surface area contributed by atoms with Crippen LogP contribution in [0.15, 0.2) is 0 Å². The lowest BCUT2D eigenvalue weighted by Crippen LogP contribution is -2.47. The van der Waals surface area contributed by atoms with Crippen LogP contribution in [0.2, 0.25) is 0 Å². The summed E-state index contributed by atoms with van der Waals surface area (Å²) in [6, 6.07) is 0.227. The Hall–Kier alpha value is -1.26. The summed E-state index contributed by atoms with van der Waals surface area (Å²) in [6.45, 7) is 4.36. The standard InChI is InChI=1S/C12H22N2O3/c1-8-5-4-6-10(9(8)2)14-11(15)7-13-12(16)17-3/h8-10H,4-7H2,1-3H3,(H,13,16)(H,14,15)/t8-,9+,10-/m1/s1. The molecule has 0 bridgehead atoms. The topological polar surface area (TPSA) is 67.4 Å². The van der Waals surface area contributed by atoms with Crippen molar-refractivity contribution in [1.82, 2.24) is 10.6 Å². The maximum absolute atomic E-state index is 11.6. The van der Waals surface area contributed by atoms with E-state index in [1.165, 1.54) is 13.5 Å². The molecule has 0 spiro atoms. The summed E-state index contributed by atoms with van der Waals surface area (Å²) >= 11 is 0. The average Bonchev–Trinajstić information content (AvgIpc) is 2.32. The molecule has 3 atom stereocenters. The van der Waals surface area contributed by atoms with Crippen LogP contribution >= 0.6 is 0 Å². The maximum atomic E-state index is 11.6. The molecule has 0 heterocycles. The zero-order valence-corrected chi connectivity index (χ0v) is 10.8. The van der Waals surface area contributed by atoms with E-state index >= 15 is 0 Å². The van der Waals surface area contributed by atoms with Gasteiger partial charge < -0.3 is 15.4 Å². The van der Waals surface area contributed by atoms with Gasteiger partial charge >= 0.3 is 6.09 Å². The van der Waals surface area contributed by atoms with Gasteiger partial charge in [-0.3, -0.25) is 4.79 Å². The third kappa shape index (κ3) is 4.24. The molecule has 1 aliphatic carbocycles. The van der Waals surface area contributed by atoms with Crippen molar-refractivity contribution in [3.05, 3.63) is 0 Å². The molecule has 0 saturated heterocycles. The number of rotatable bonds is 3. The monoisotopic (exact) mass is 242 g/mol. The van der Waals surface area contributed by atoms with Crippen molar-refractivity contribution in [1.29, 1.82) is 0 Å². The highest BCUT2D eigenvalue weighted by Gasteiger charge is 2.27. The van der Waals surface area contributed by atoms with Crippen molar-refractivity contribution in [2.45, 2.75) is 39.2 Å². The first-order valence-corrected chi connectivity index (χ1v) is 6.15. The number of methoxy groups -OCH3 is 1. The van der Waals surface area contributed by atoms with E-state index in [0.717, 1.165) is 12.8 Å². The average molecular weight is 242 g/mol. The second-order valence-electron chi connectivity index (χ2n) is 4.79. The summed E-state index contributed by atoms with van der Waals surface area (Å²) in [7, 11) is 1.28. The number of hydrogen-bond donors (Lipinski definition) is 2. The first-order chi connectivity index (χ1) is 8.04. The summed E-state index contributed by atoms with van der Waals surface area (Å²) in [4.78, 5) is 22.4. The fraction of sp³-hybridized carbons (Fsp3) is 0.833. The summed E-state index contributed by atoms with van der Waals surface area (Å²) in [5, 5.41) is 5.34. The van der Waals surface area contributed by atoms with Crippen molar-refractivity contribution in [3.8, 4) is 0 Å². The van der Waals surface area contributed by atoms with Gasteiger partial charge in [-0.2, -0.15) is 0 Å². The van der Waals surface area contributed by atoms with Gasteiger partial charge in [0, 0.05) is 6.04 Å². The number of carbonyl (C=O) groups excluding carboxylic acids is 2. The molecule has 17 heavy (non-hydrogen) atoms. The van der Waals surface area contributed by atoms with Gasteiger partial charge in [0.25, 0.3) is 0 Å². The predicted molar refractivity (Wildman–Crippen MR) is 64.5 cm³/mol. The predicted octanol–water partition coefficient (Wildman–Crippen LogP) is 1.28. The van der Waals surface area contributed by atoms with Crippen LogP contribution in [-0.4, -0.2) is 31.7 Å². The summed E-state index contributed by atoms with van der Waals surface area (Å²) < 4.78 is 4.40. The van der Waals surface area contributed by atoms with Gasteiger partial charge in [0.15, 0.2) is 0 Å². The van der Waals surface area contributed by atoms with E-state index in [1.807, 2.05) is 0 Å². The van der Waals surface area contributed by atoms with Crippen molar-refractivity contribution >= 4 is 12.0 Å². The molecule has 1 saturated carbocycles. The van der Waals surface area contributed by atoms with E-state index in [1.54, 1.807) is 0 Å². The number of amides is 2. The van der Waals surface area contributed by atoms with E-state index in [2.05, 4.69) is 29.2 Å². The molecule has 98 valence electrons. The molecule has 5 heteroatoms. The summed E-state index contributed by atoms with van der Waals surface area (Å²) in [5.41, 5.74) is 0. The van der Waals surface area contributed by atoms with E-state index in [4.69, 9.17) is 0 Å². The van der Waals surface area contributed by atoms with Crippen LogP contribution in [-0.2, 0) is 9.53 Å². The van der Waals surface area contributed by atoms with E-state index in [0.29, 0.717) is 11.8 Å². The molecule has 1 fully saturated rings. The molecule has 1 rings (SSSR count). The molecule has 2 amide bonds. The molecular weight excluding hydrogens is 220 g/mol. The minimum Gasteiger partial charge on any atom is -0.453 e. The number of nitrogens with one attached hydrogen (secondary N) is 2. The van der Waals surface area contributed by atoms with Crippen LogP contribution < -0.4 is 10.6 Å². The highest BCUT2D eigenvalue weighted by molar-refractivity contribution is 5.82. The van der Waals surface area contributed by atoms with Crippen molar-refractivity contribution in [2.24, 2.45) is 11.8 Å². The zero-order valence-electron chi connectivity index (χ0n) is 10.8. The van der Waals surface area contributed by atoms with Gasteiger partial charge in [-0.1, -0.05) is 26.7 Å². The maximum Gasteiger partial charge on any atom is 0.407 e. The van der Waals surface area contributed by atoms with Gasteiger partial charge in [-0.25, -0.2) is 4.79 Å².